The molecule has 5 aromatic rings. The van der Waals surface area contributed by atoms with Crippen molar-refractivity contribution in [1.82, 2.24) is 20.0 Å². The molecule has 0 unspecified atom stereocenters. The van der Waals surface area contributed by atoms with Crippen molar-refractivity contribution in [2.24, 2.45) is 5.10 Å². The van der Waals surface area contributed by atoms with Gasteiger partial charge in [0.05, 0.1) is 34.8 Å². The number of amides is 1. The number of fused-ring (bicyclic) bond motifs is 2. The molecule has 1 atom stereocenters. The summed E-state index contributed by atoms with van der Waals surface area (Å²) in [5.41, 5.74) is 5.84. The van der Waals surface area contributed by atoms with Gasteiger partial charge in [0.15, 0.2) is 0 Å². The van der Waals surface area contributed by atoms with Crippen molar-refractivity contribution >= 4 is 39.5 Å². The van der Waals surface area contributed by atoms with Crippen molar-refractivity contribution in [2.45, 2.75) is 32.2 Å². The summed E-state index contributed by atoms with van der Waals surface area (Å²) in [5, 5.41) is 16.1. The Morgan fingerprint density at radius 1 is 0.975 bits per heavy atom. The number of hydrogen-bond donors (Lipinski definition) is 2. The van der Waals surface area contributed by atoms with Crippen molar-refractivity contribution in [1.29, 1.82) is 0 Å². The Balaban J connectivity index is 1.56. The van der Waals surface area contributed by atoms with Gasteiger partial charge in [-0.3, -0.25) is 24.4 Å². The number of carbonyl (C=O) groups excluding carboxylic acids is 1. The number of carbonyl (C=O) groups is 2. The number of nitrogens with one attached hydrogen (secondary N) is 1. The van der Waals surface area contributed by atoms with E-state index < -0.39 is 17.9 Å². The fourth-order valence-electron chi connectivity index (χ4n) is 5.33. The molecule has 0 radical (unpaired) electrons. The molecule has 0 spiro atoms. The van der Waals surface area contributed by atoms with Crippen LogP contribution in [0.1, 0.15) is 42.0 Å². The van der Waals surface area contributed by atoms with Crippen molar-refractivity contribution in [3.05, 3.63) is 106 Å². The van der Waals surface area contributed by atoms with Crippen LogP contribution in [0.25, 0.3) is 33.1 Å². The fraction of sp³-hybridized carbons (Fsp3) is 0.161. The number of aliphatic carboxylic acids is 1. The molecule has 0 bridgehead atoms. The van der Waals surface area contributed by atoms with Crippen molar-refractivity contribution in [3.63, 3.8) is 0 Å². The number of aryl methyl sites for hydroxylation is 1. The summed E-state index contributed by atoms with van der Waals surface area (Å²) in [7, 11) is 0. The quantitative estimate of drug-likeness (QED) is 0.318. The van der Waals surface area contributed by atoms with Gasteiger partial charge in [0.1, 0.15) is 0 Å². The van der Waals surface area contributed by atoms with Gasteiger partial charge in [0, 0.05) is 47.3 Å². The number of hydrazone groups is 1. The Labute approximate surface area is 228 Å². The first-order valence-corrected chi connectivity index (χ1v) is 12.9. The smallest absolute Gasteiger partial charge is 0.303 e. The van der Waals surface area contributed by atoms with E-state index in [9.17, 15) is 19.5 Å². The van der Waals surface area contributed by atoms with Gasteiger partial charge < -0.3 is 10.1 Å². The minimum atomic E-state index is -1.07. The van der Waals surface area contributed by atoms with Crippen molar-refractivity contribution in [2.75, 3.05) is 0 Å². The predicted octanol–water partition coefficient (Wildman–Crippen LogP) is 4.99. The monoisotopic (exact) mass is 531 g/mol. The summed E-state index contributed by atoms with van der Waals surface area (Å²) in [5.74, 6) is -1.52. The van der Waals surface area contributed by atoms with E-state index in [1.807, 2.05) is 73.7 Å². The number of hydrogen-bond acceptors (Lipinski definition) is 6. The maximum Gasteiger partial charge on any atom is 0.303 e. The van der Waals surface area contributed by atoms with E-state index in [-0.39, 0.29) is 24.8 Å². The predicted molar refractivity (Wildman–Crippen MR) is 152 cm³/mol. The van der Waals surface area contributed by atoms with Crippen LogP contribution in [-0.2, 0) is 9.59 Å². The van der Waals surface area contributed by atoms with Gasteiger partial charge in [0.2, 0.25) is 5.91 Å². The lowest BCUT2D eigenvalue weighted by Crippen LogP contribution is -2.27. The zero-order valence-corrected chi connectivity index (χ0v) is 21.7. The second kappa shape index (κ2) is 10.2. The number of H-pyrrole nitrogens is 1. The highest BCUT2D eigenvalue weighted by atomic mass is 16.4. The second-order valence-corrected chi connectivity index (χ2v) is 9.79. The Bertz CT molecular complexity index is 1880. The third-order valence-electron chi connectivity index (χ3n) is 7.13. The van der Waals surface area contributed by atoms with Gasteiger partial charge in [0.25, 0.3) is 5.56 Å². The topological polar surface area (TPSA) is 129 Å². The normalized spacial score (nSPS) is 15.0. The molecule has 9 heteroatoms. The minimum Gasteiger partial charge on any atom is -0.481 e. The van der Waals surface area contributed by atoms with Crippen LogP contribution >= 0.6 is 0 Å². The number of para-hydroxylation sites is 1. The first-order valence-electron chi connectivity index (χ1n) is 12.9. The minimum absolute atomic E-state index is 0.224. The average Bonchev–Trinajstić information content (AvgIpc) is 3.40. The maximum atomic E-state index is 13.7. The van der Waals surface area contributed by atoms with Gasteiger partial charge in [-0.1, -0.05) is 54.1 Å². The van der Waals surface area contributed by atoms with Crippen LogP contribution in [-0.4, -0.2) is 42.7 Å². The molecular weight excluding hydrogens is 506 g/mol. The molecule has 0 saturated heterocycles. The van der Waals surface area contributed by atoms with E-state index in [4.69, 9.17) is 5.10 Å². The summed E-state index contributed by atoms with van der Waals surface area (Å²) in [4.78, 5) is 50.2. The van der Waals surface area contributed by atoms with Crippen molar-refractivity contribution in [3.8, 4) is 11.1 Å². The van der Waals surface area contributed by atoms with Gasteiger partial charge in [-0.2, -0.15) is 5.10 Å². The molecule has 40 heavy (non-hydrogen) atoms. The second-order valence-electron chi connectivity index (χ2n) is 9.79. The summed E-state index contributed by atoms with van der Waals surface area (Å²) in [6.45, 7) is 1.99. The van der Waals surface area contributed by atoms with Crippen LogP contribution in [0.5, 0.6) is 0 Å². The lowest BCUT2D eigenvalue weighted by molar-refractivity contribution is -0.141. The molecule has 198 valence electrons. The van der Waals surface area contributed by atoms with Gasteiger partial charge in [-0.15, -0.1) is 0 Å². The molecule has 1 amide bonds. The van der Waals surface area contributed by atoms with E-state index in [0.29, 0.717) is 27.8 Å². The maximum absolute atomic E-state index is 13.7. The van der Waals surface area contributed by atoms with E-state index >= 15 is 0 Å². The molecular formula is C31H25N5O4. The number of carboxylic acid groups (broad SMARTS) is 1. The van der Waals surface area contributed by atoms with Crippen LogP contribution in [0.3, 0.4) is 0 Å². The molecule has 3 heterocycles. The molecule has 2 aromatic heterocycles. The molecule has 9 nitrogen and oxygen atoms in total. The van der Waals surface area contributed by atoms with E-state index in [2.05, 4.69) is 15.0 Å². The van der Waals surface area contributed by atoms with Gasteiger partial charge >= 0.3 is 5.97 Å². The number of nitrogens with zero attached hydrogens (tertiary/aromatic N) is 4. The van der Waals surface area contributed by atoms with Crippen LogP contribution in [0, 0.1) is 6.92 Å². The van der Waals surface area contributed by atoms with Crippen LogP contribution in [0.2, 0.25) is 0 Å². The highest BCUT2D eigenvalue weighted by Gasteiger charge is 2.36. The molecule has 0 fully saturated rings. The number of rotatable bonds is 6. The molecule has 3 aromatic carbocycles. The zero-order valence-electron chi connectivity index (χ0n) is 21.7. The number of pyridine rings is 1. The highest BCUT2D eigenvalue weighted by molar-refractivity contribution is 6.13. The third kappa shape index (κ3) is 4.51. The average molecular weight is 532 g/mol. The molecule has 2 N–H and O–H groups in total. The Morgan fingerprint density at radius 3 is 2.58 bits per heavy atom. The van der Waals surface area contributed by atoms with Crippen LogP contribution < -0.4 is 5.56 Å². The van der Waals surface area contributed by atoms with Crippen molar-refractivity contribution < 1.29 is 14.7 Å². The van der Waals surface area contributed by atoms with Crippen LogP contribution in [0.15, 0.2) is 89.0 Å². The SMILES string of the molecule is Cc1ccc2[nH]c(=O)c(C3=NN(C(=O)CCC(=O)O)[C@H](c4cccc5nccnc45)C3)c(-c3ccccc3)c2c1. The number of carboxylic acids is 1. The zero-order chi connectivity index (χ0) is 27.8. The highest BCUT2D eigenvalue weighted by Crippen LogP contribution is 2.38. The summed E-state index contributed by atoms with van der Waals surface area (Å²) >= 11 is 0. The Hall–Kier alpha value is -5.18. The number of aromatic amines is 1. The lowest BCUT2D eigenvalue weighted by atomic mass is 9.90. The van der Waals surface area contributed by atoms with Gasteiger partial charge in [-0.05, 0) is 30.7 Å². The van der Waals surface area contributed by atoms with E-state index in [1.54, 1.807) is 12.4 Å². The Morgan fingerprint density at radius 2 is 1.77 bits per heavy atom. The molecule has 0 aliphatic carbocycles. The standard InChI is InChI=1S/C31H25N5O4/c1-18-10-11-22-21(16-18)28(19-6-3-2-4-7-19)29(31(40)34-22)24-17-25(36(35-24)26(37)12-13-27(38)39)20-8-5-9-23-30(20)33-15-14-32-23/h2-11,14-16,25H,12-13,17H2,1H3,(H,34,40)(H,38,39)/t25-/m0/s1. The summed E-state index contributed by atoms with van der Waals surface area (Å²) in [6, 6.07) is 20.4. The van der Waals surface area contributed by atoms with Crippen LogP contribution in [0.4, 0.5) is 0 Å². The first kappa shape index (κ1) is 25.1. The molecule has 0 saturated carbocycles. The molecule has 1 aliphatic heterocycles. The van der Waals surface area contributed by atoms with E-state index in [1.165, 1.54) is 5.01 Å². The summed E-state index contributed by atoms with van der Waals surface area (Å²) < 4.78 is 0. The first-order chi connectivity index (χ1) is 19.4. The molecule has 6 rings (SSSR count). The van der Waals surface area contributed by atoms with E-state index in [0.717, 1.165) is 27.6 Å². The molecule has 1 aliphatic rings. The van der Waals surface area contributed by atoms with Gasteiger partial charge in [-0.25, -0.2) is 5.01 Å². The summed E-state index contributed by atoms with van der Waals surface area (Å²) in [6.07, 6.45) is 2.88. The number of aromatic nitrogens is 3. The number of benzene rings is 3. The lowest BCUT2D eigenvalue weighted by Gasteiger charge is -2.22. The largest absolute Gasteiger partial charge is 0.481 e. The third-order valence-corrected chi connectivity index (χ3v) is 7.13. The Kier molecular flexibility index (Phi) is 6.39. The fourth-order valence-corrected chi connectivity index (χ4v) is 5.33.